The highest BCUT2D eigenvalue weighted by Crippen LogP contribution is 2.33. The lowest BCUT2D eigenvalue weighted by atomic mass is 9.97. The van der Waals surface area contributed by atoms with Gasteiger partial charge in [-0.25, -0.2) is 4.79 Å². The number of carbonyl (C=O) groups excluding carboxylic acids is 2. The Balaban J connectivity index is 2.37. The third-order valence-corrected chi connectivity index (χ3v) is 3.18. The molecule has 2 atom stereocenters. The van der Waals surface area contributed by atoms with Gasteiger partial charge in [0.1, 0.15) is 11.1 Å². The molecule has 1 saturated carbocycles. The van der Waals surface area contributed by atoms with E-state index in [9.17, 15) is 9.59 Å². The Morgan fingerprint density at radius 1 is 1.42 bits per heavy atom. The first-order chi connectivity index (χ1) is 8.66. The van der Waals surface area contributed by atoms with Crippen molar-refractivity contribution in [3.8, 4) is 0 Å². The number of hydrogen-bond acceptors (Lipinski definition) is 5. The summed E-state index contributed by atoms with van der Waals surface area (Å²) in [6, 6.07) is 0. The predicted octanol–water partition coefficient (Wildman–Crippen LogP) is 1.18. The average molecular weight is 272 g/mol. The van der Waals surface area contributed by atoms with Gasteiger partial charge in [0.15, 0.2) is 0 Å². The molecule has 1 aliphatic rings. The summed E-state index contributed by atoms with van der Waals surface area (Å²) in [5.74, 6) is -0.205. The van der Waals surface area contributed by atoms with Crippen molar-refractivity contribution < 1.29 is 19.1 Å². The maximum Gasteiger partial charge on any atom is 0.407 e. The lowest BCUT2D eigenvalue weighted by Gasteiger charge is -2.22. The molecule has 0 saturated heterocycles. The first-order valence-corrected chi connectivity index (χ1v) is 6.50. The Kier molecular flexibility index (Phi) is 4.79. The molecule has 1 amide bonds. The van der Waals surface area contributed by atoms with Crippen molar-refractivity contribution in [1.29, 1.82) is 0 Å². The molecule has 0 aromatic rings. The number of hydrogen-bond donors (Lipinski definition) is 2. The Bertz CT molecular complexity index is 351. The number of ether oxygens (including phenoxy) is 2. The fourth-order valence-electron chi connectivity index (χ4n) is 2.29. The number of nitrogens with two attached hydrogens (primary N) is 1. The molecule has 110 valence electrons. The van der Waals surface area contributed by atoms with Crippen molar-refractivity contribution >= 4 is 12.1 Å². The van der Waals surface area contributed by atoms with Gasteiger partial charge in [0, 0.05) is 6.54 Å². The molecule has 6 heteroatoms. The van der Waals surface area contributed by atoms with Gasteiger partial charge in [-0.15, -0.1) is 0 Å². The van der Waals surface area contributed by atoms with Gasteiger partial charge in [0.05, 0.1) is 7.11 Å². The summed E-state index contributed by atoms with van der Waals surface area (Å²) < 4.78 is 9.85. The minimum atomic E-state index is -0.908. The molecular weight excluding hydrogens is 248 g/mol. The number of alkyl carbamates (subject to hydrolysis) is 1. The summed E-state index contributed by atoms with van der Waals surface area (Å²) in [6.07, 6.45) is 1.46. The molecule has 0 radical (unpaired) electrons. The second-order valence-corrected chi connectivity index (χ2v) is 6.14. The van der Waals surface area contributed by atoms with Crippen LogP contribution in [-0.2, 0) is 14.3 Å². The molecule has 1 rings (SSSR count). The maximum atomic E-state index is 11.5. The molecule has 0 aromatic heterocycles. The van der Waals surface area contributed by atoms with Crippen LogP contribution in [0, 0.1) is 5.92 Å². The quantitative estimate of drug-likeness (QED) is 0.753. The smallest absolute Gasteiger partial charge is 0.407 e. The fourth-order valence-corrected chi connectivity index (χ4v) is 2.29. The van der Waals surface area contributed by atoms with Crippen molar-refractivity contribution in [3.05, 3.63) is 0 Å². The summed E-state index contributed by atoms with van der Waals surface area (Å²) in [6.45, 7) is 5.89. The highest BCUT2D eigenvalue weighted by Gasteiger charge is 2.42. The summed E-state index contributed by atoms with van der Waals surface area (Å²) >= 11 is 0. The van der Waals surface area contributed by atoms with Gasteiger partial charge >= 0.3 is 12.1 Å². The van der Waals surface area contributed by atoms with Crippen LogP contribution in [0.2, 0.25) is 0 Å². The molecule has 0 aliphatic heterocycles. The summed E-state index contributed by atoms with van der Waals surface area (Å²) in [5.41, 5.74) is 4.57. The molecular formula is C13H24N2O4. The molecule has 0 aromatic carbocycles. The molecule has 3 N–H and O–H groups in total. The number of esters is 1. The van der Waals surface area contributed by atoms with E-state index in [1.807, 2.05) is 20.8 Å². The van der Waals surface area contributed by atoms with Gasteiger partial charge in [-0.2, -0.15) is 0 Å². The second kappa shape index (κ2) is 5.77. The normalized spacial score (nSPS) is 26.9. The van der Waals surface area contributed by atoms with Gasteiger partial charge in [-0.05, 0) is 46.0 Å². The van der Waals surface area contributed by atoms with Crippen LogP contribution in [0.1, 0.15) is 40.0 Å². The summed E-state index contributed by atoms with van der Waals surface area (Å²) in [5, 5.41) is 2.71. The first-order valence-electron chi connectivity index (χ1n) is 6.50. The minimum absolute atomic E-state index is 0.177. The van der Waals surface area contributed by atoms with Crippen molar-refractivity contribution in [2.24, 2.45) is 11.7 Å². The molecule has 6 nitrogen and oxygen atoms in total. The third-order valence-electron chi connectivity index (χ3n) is 3.18. The molecule has 2 unspecified atom stereocenters. The van der Waals surface area contributed by atoms with E-state index < -0.39 is 17.2 Å². The van der Waals surface area contributed by atoms with Gasteiger partial charge < -0.3 is 20.5 Å². The average Bonchev–Trinajstić information content (AvgIpc) is 2.66. The zero-order valence-corrected chi connectivity index (χ0v) is 12.1. The molecule has 19 heavy (non-hydrogen) atoms. The number of nitrogens with one attached hydrogen (secondary N) is 1. The van der Waals surface area contributed by atoms with Gasteiger partial charge in [0.25, 0.3) is 0 Å². The Labute approximate surface area is 114 Å². The van der Waals surface area contributed by atoms with E-state index in [1.54, 1.807) is 0 Å². The van der Waals surface area contributed by atoms with E-state index in [1.165, 1.54) is 7.11 Å². The van der Waals surface area contributed by atoms with Crippen molar-refractivity contribution in [1.82, 2.24) is 5.32 Å². The number of methoxy groups -OCH3 is 1. The van der Waals surface area contributed by atoms with Crippen LogP contribution in [0.25, 0.3) is 0 Å². The van der Waals surface area contributed by atoms with Crippen molar-refractivity contribution in [2.75, 3.05) is 13.7 Å². The van der Waals surface area contributed by atoms with E-state index in [0.29, 0.717) is 19.4 Å². The zero-order valence-electron chi connectivity index (χ0n) is 12.1. The maximum absolute atomic E-state index is 11.5. The molecule has 0 spiro atoms. The van der Waals surface area contributed by atoms with Crippen LogP contribution in [0.3, 0.4) is 0 Å². The van der Waals surface area contributed by atoms with E-state index in [2.05, 4.69) is 5.32 Å². The Morgan fingerprint density at radius 2 is 2.05 bits per heavy atom. The monoisotopic (exact) mass is 272 g/mol. The molecule has 0 bridgehead atoms. The van der Waals surface area contributed by atoms with Crippen molar-refractivity contribution in [3.63, 3.8) is 0 Å². The Morgan fingerprint density at radius 3 is 2.58 bits per heavy atom. The van der Waals surface area contributed by atoms with Gasteiger partial charge in [-0.3, -0.25) is 4.79 Å². The minimum Gasteiger partial charge on any atom is -0.468 e. The SMILES string of the molecule is COC(=O)C1(N)CCC(CNC(=O)OC(C)(C)C)C1. The van der Waals surface area contributed by atoms with Gasteiger partial charge in [-0.1, -0.05) is 0 Å². The second-order valence-electron chi connectivity index (χ2n) is 6.14. The van der Waals surface area contributed by atoms with Gasteiger partial charge in [0.2, 0.25) is 0 Å². The van der Waals surface area contributed by atoms with E-state index in [0.717, 1.165) is 6.42 Å². The molecule has 0 heterocycles. The number of carbonyl (C=O) groups is 2. The summed E-state index contributed by atoms with van der Waals surface area (Å²) in [7, 11) is 1.34. The van der Waals surface area contributed by atoms with Crippen LogP contribution >= 0.6 is 0 Å². The van der Waals surface area contributed by atoms with Crippen LogP contribution in [0.4, 0.5) is 4.79 Å². The number of amides is 1. The summed E-state index contributed by atoms with van der Waals surface area (Å²) in [4.78, 5) is 23.1. The van der Waals surface area contributed by atoms with E-state index in [-0.39, 0.29) is 11.9 Å². The fraction of sp³-hybridized carbons (Fsp3) is 0.846. The molecule has 1 fully saturated rings. The highest BCUT2D eigenvalue weighted by atomic mass is 16.6. The first kappa shape index (κ1) is 15.8. The topological polar surface area (TPSA) is 90.6 Å². The van der Waals surface area contributed by atoms with Crippen LogP contribution in [-0.4, -0.2) is 36.9 Å². The third kappa shape index (κ3) is 4.70. The number of rotatable bonds is 3. The lowest BCUT2D eigenvalue weighted by molar-refractivity contribution is -0.146. The standard InChI is InChI=1S/C13H24N2O4/c1-12(2,3)19-11(17)15-8-9-5-6-13(14,7-9)10(16)18-4/h9H,5-8,14H2,1-4H3,(H,15,17). The zero-order chi connectivity index (χ0) is 14.7. The van der Waals surface area contributed by atoms with E-state index >= 15 is 0 Å². The van der Waals surface area contributed by atoms with Crippen LogP contribution in [0.5, 0.6) is 0 Å². The van der Waals surface area contributed by atoms with E-state index in [4.69, 9.17) is 15.2 Å². The predicted molar refractivity (Wildman–Crippen MR) is 70.5 cm³/mol. The van der Waals surface area contributed by atoms with Crippen LogP contribution in [0.15, 0.2) is 0 Å². The van der Waals surface area contributed by atoms with Crippen molar-refractivity contribution in [2.45, 2.75) is 51.2 Å². The van der Waals surface area contributed by atoms with Crippen LogP contribution < -0.4 is 11.1 Å². The lowest BCUT2D eigenvalue weighted by Crippen LogP contribution is -2.46. The Hall–Kier alpha value is -1.30. The highest BCUT2D eigenvalue weighted by molar-refractivity contribution is 5.80. The molecule has 1 aliphatic carbocycles. The largest absolute Gasteiger partial charge is 0.468 e.